The number of hydrogen-bond donors (Lipinski definition) is 1. The Balaban J connectivity index is 1.41. The van der Waals surface area contributed by atoms with Gasteiger partial charge in [-0.1, -0.05) is 37.8 Å². The lowest BCUT2D eigenvalue weighted by atomic mass is 9.87. The number of ether oxygens (including phenoxy) is 4. The fourth-order valence-corrected chi connectivity index (χ4v) is 6.33. The van der Waals surface area contributed by atoms with Crippen LogP contribution in [0, 0.1) is 0 Å². The fraction of sp³-hybridized carbons (Fsp3) is 0.613. The van der Waals surface area contributed by atoms with Gasteiger partial charge >= 0.3 is 0 Å². The second kappa shape index (κ2) is 13.8. The maximum atomic E-state index is 13.9. The number of rotatable bonds is 9. The molecule has 9 nitrogen and oxygen atoms in total. The standard InChI is InChI=1S/C31H44N4O5/c1-34(21-24-22-39-19-20-40-24)29-26(11-12-27(33-29)25-9-5-6-10-28(25)37-2)30(36)32-23-31(13-7-3-4-8-14-31)35-15-17-38-18-16-35/h5-6,9-12,24H,3-4,7-8,13-23H2,1-2H3,(H,32,36)/t24-/m0/s1. The first-order valence-corrected chi connectivity index (χ1v) is 14.8. The zero-order valence-electron chi connectivity index (χ0n) is 24.0. The van der Waals surface area contributed by atoms with Crippen LogP contribution in [-0.4, -0.2) is 101 Å². The molecule has 0 unspecified atom stereocenters. The summed E-state index contributed by atoms with van der Waals surface area (Å²) in [6.07, 6.45) is 7.03. The Morgan fingerprint density at radius 2 is 1.82 bits per heavy atom. The van der Waals surface area contributed by atoms with E-state index >= 15 is 0 Å². The van der Waals surface area contributed by atoms with Crippen molar-refractivity contribution in [2.75, 3.05) is 78.3 Å². The molecule has 9 heteroatoms. The van der Waals surface area contributed by atoms with E-state index in [1.165, 1.54) is 25.7 Å². The van der Waals surface area contributed by atoms with Gasteiger partial charge in [0, 0.05) is 44.3 Å². The summed E-state index contributed by atoms with van der Waals surface area (Å²) in [7, 11) is 3.62. The monoisotopic (exact) mass is 552 g/mol. The van der Waals surface area contributed by atoms with Crippen LogP contribution >= 0.6 is 0 Å². The van der Waals surface area contributed by atoms with Crippen LogP contribution in [0.5, 0.6) is 5.75 Å². The van der Waals surface area contributed by atoms with Gasteiger partial charge in [0.15, 0.2) is 0 Å². The molecule has 1 amide bonds. The number of carbonyl (C=O) groups is 1. The third-order valence-corrected chi connectivity index (χ3v) is 8.52. The lowest BCUT2D eigenvalue weighted by Gasteiger charge is -2.45. The molecule has 1 atom stereocenters. The smallest absolute Gasteiger partial charge is 0.255 e. The summed E-state index contributed by atoms with van der Waals surface area (Å²) in [5.41, 5.74) is 2.17. The van der Waals surface area contributed by atoms with Crippen LogP contribution in [0.3, 0.4) is 0 Å². The van der Waals surface area contributed by atoms with Gasteiger partial charge in [-0.3, -0.25) is 9.69 Å². The number of nitrogens with zero attached hydrogens (tertiary/aromatic N) is 3. The molecule has 40 heavy (non-hydrogen) atoms. The van der Waals surface area contributed by atoms with Crippen LogP contribution in [0.25, 0.3) is 11.3 Å². The average Bonchev–Trinajstić information content (AvgIpc) is 3.27. The third-order valence-electron chi connectivity index (χ3n) is 8.52. The van der Waals surface area contributed by atoms with Gasteiger partial charge in [0.1, 0.15) is 11.6 Å². The second-order valence-corrected chi connectivity index (χ2v) is 11.1. The summed E-state index contributed by atoms with van der Waals surface area (Å²) in [4.78, 5) is 23.5. The minimum atomic E-state index is -0.0985. The molecule has 2 aromatic rings. The van der Waals surface area contributed by atoms with Crippen LogP contribution in [0.1, 0.15) is 48.9 Å². The van der Waals surface area contributed by atoms with E-state index in [-0.39, 0.29) is 17.6 Å². The molecule has 3 aliphatic rings. The lowest BCUT2D eigenvalue weighted by Crippen LogP contribution is -2.58. The molecule has 3 heterocycles. The molecule has 2 saturated heterocycles. The first kappa shape index (κ1) is 28.8. The highest BCUT2D eigenvalue weighted by Gasteiger charge is 2.38. The average molecular weight is 553 g/mol. The predicted octanol–water partition coefficient (Wildman–Crippen LogP) is 3.76. The van der Waals surface area contributed by atoms with Gasteiger partial charge in [-0.2, -0.15) is 0 Å². The Hall–Kier alpha value is -2.72. The van der Waals surface area contributed by atoms with E-state index in [0.29, 0.717) is 44.3 Å². The van der Waals surface area contributed by atoms with Gasteiger partial charge < -0.3 is 29.2 Å². The number of nitrogens with one attached hydrogen (secondary N) is 1. The van der Waals surface area contributed by atoms with E-state index in [2.05, 4.69) is 10.2 Å². The Bertz CT molecular complexity index is 1110. The number of morpholine rings is 1. The van der Waals surface area contributed by atoms with Crippen molar-refractivity contribution < 1.29 is 23.7 Å². The van der Waals surface area contributed by atoms with Crippen molar-refractivity contribution in [1.82, 2.24) is 15.2 Å². The normalized spacial score (nSPS) is 21.8. The number of carbonyl (C=O) groups excluding carboxylic acids is 1. The molecule has 2 aliphatic heterocycles. The first-order chi connectivity index (χ1) is 19.6. The van der Waals surface area contributed by atoms with E-state index in [0.717, 1.165) is 56.2 Å². The number of likely N-dealkylation sites (N-methyl/N-ethyl adjacent to an activating group) is 1. The number of aromatic nitrogens is 1. The van der Waals surface area contributed by atoms with Gasteiger partial charge in [-0.25, -0.2) is 4.98 Å². The molecular formula is C31H44N4O5. The van der Waals surface area contributed by atoms with Gasteiger partial charge in [0.05, 0.1) is 57.5 Å². The molecule has 5 rings (SSSR count). The SMILES string of the molecule is COc1ccccc1-c1ccc(C(=O)NCC2(N3CCOCC3)CCCCCC2)c(N(C)C[C@H]2COCCO2)n1. The second-order valence-electron chi connectivity index (χ2n) is 11.1. The summed E-state index contributed by atoms with van der Waals surface area (Å²) < 4.78 is 22.8. The molecule has 1 aromatic heterocycles. The molecule has 1 saturated carbocycles. The molecular weight excluding hydrogens is 508 g/mol. The van der Waals surface area contributed by atoms with Gasteiger partial charge in [0.2, 0.25) is 0 Å². The lowest BCUT2D eigenvalue weighted by molar-refractivity contribution is -0.0837. The predicted molar refractivity (Wildman–Crippen MR) is 155 cm³/mol. The van der Waals surface area contributed by atoms with E-state index in [4.69, 9.17) is 23.9 Å². The summed E-state index contributed by atoms with van der Waals surface area (Å²) >= 11 is 0. The van der Waals surface area contributed by atoms with E-state index in [9.17, 15) is 4.79 Å². The Morgan fingerprint density at radius 3 is 2.55 bits per heavy atom. The molecule has 1 aromatic carbocycles. The highest BCUT2D eigenvalue weighted by molar-refractivity contribution is 5.99. The van der Waals surface area contributed by atoms with Crippen molar-refractivity contribution >= 4 is 11.7 Å². The number of benzene rings is 1. The molecule has 1 aliphatic carbocycles. The summed E-state index contributed by atoms with van der Waals surface area (Å²) in [5, 5.41) is 3.35. The van der Waals surface area contributed by atoms with Crippen LogP contribution in [0.4, 0.5) is 5.82 Å². The van der Waals surface area contributed by atoms with E-state index < -0.39 is 0 Å². The highest BCUT2D eigenvalue weighted by atomic mass is 16.6. The maximum absolute atomic E-state index is 13.9. The summed E-state index contributed by atoms with van der Waals surface area (Å²) in [6.45, 7) is 6.26. The molecule has 1 N–H and O–H groups in total. The molecule has 0 bridgehead atoms. The first-order valence-electron chi connectivity index (χ1n) is 14.8. The minimum absolute atomic E-state index is 0.0277. The zero-order chi connectivity index (χ0) is 27.8. The quantitative estimate of drug-likeness (QED) is 0.471. The van der Waals surface area contributed by atoms with Gasteiger partial charge in [0.25, 0.3) is 5.91 Å². The Morgan fingerprint density at radius 1 is 1.05 bits per heavy atom. The molecule has 0 spiro atoms. The van der Waals surface area contributed by atoms with E-state index in [1.54, 1.807) is 7.11 Å². The van der Waals surface area contributed by atoms with Crippen molar-refractivity contribution in [3.63, 3.8) is 0 Å². The topological polar surface area (TPSA) is 85.4 Å². The van der Waals surface area contributed by atoms with Gasteiger partial charge in [-0.05, 0) is 37.1 Å². The van der Waals surface area contributed by atoms with Crippen LogP contribution in [0.15, 0.2) is 36.4 Å². The van der Waals surface area contributed by atoms with Crippen molar-refractivity contribution in [2.45, 2.75) is 50.2 Å². The largest absolute Gasteiger partial charge is 0.496 e. The Labute approximate surface area is 238 Å². The minimum Gasteiger partial charge on any atom is -0.496 e. The van der Waals surface area contributed by atoms with Gasteiger partial charge in [-0.15, -0.1) is 0 Å². The number of pyridine rings is 1. The maximum Gasteiger partial charge on any atom is 0.255 e. The van der Waals surface area contributed by atoms with Crippen molar-refractivity contribution in [2.24, 2.45) is 0 Å². The highest BCUT2D eigenvalue weighted by Crippen LogP contribution is 2.34. The molecule has 3 fully saturated rings. The number of para-hydroxylation sites is 1. The number of methoxy groups -OCH3 is 1. The summed E-state index contributed by atoms with van der Waals surface area (Å²) in [6, 6.07) is 11.6. The molecule has 0 radical (unpaired) electrons. The molecule has 218 valence electrons. The van der Waals surface area contributed by atoms with Crippen molar-refractivity contribution in [1.29, 1.82) is 0 Å². The third kappa shape index (κ3) is 6.77. The fourth-order valence-electron chi connectivity index (χ4n) is 6.33. The van der Waals surface area contributed by atoms with E-state index in [1.807, 2.05) is 48.3 Å². The Kier molecular flexibility index (Phi) is 9.91. The van der Waals surface area contributed by atoms with Crippen molar-refractivity contribution in [3.05, 3.63) is 42.0 Å². The van der Waals surface area contributed by atoms with Crippen LogP contribution in [-0.2, 0) is 14.2 Å². The van der Waals surface area contributed by atoms with Crippen LogP contribution in [0.2, 0.25) is 0 Å². The number of hydrogen-bond acceptors (Lipinski definition) is 8. The zero-order valence-corrected chi connectivity index (χ0v) is 24.0. The summed E-state index contributed by atoms with van der Waals surface area (Å²) in [5.74, 6) is 1.26. The van der Waals surface area contributed by atoms with Crippen LogP contribution < -0.4 is 15.0 Å². The number of anilines is 1. The van der Waals surface area contributed by atoms with Crippen molar-refractivity contribution in [3.8, 4) is 17.0 Å². The number of amides is 1.